The van der Waals surface area contributed by atoms with Gasteiger partial charge in [0.15, 0.2) is 5.65 Å². The van der Waals surface area contributed by atoms with Gasteiger partial charge in [0.05, 0.1) is 17.3 Å². The summed E-state index contributed by atoms with van der Waals surface area (Å²) in [6.07, 6.45) is 4.35. The van der Waals surface area contributed by atoms with Gasteiger partial charge in [0.25, 0.3) is 5.91 Å². The number of aromatic nitrogens is 3. The number of halogens is 1. The first kappa shape index (κ1) is 20.4. The van der Waals surface area contributed by atoms with E-state index in [0.29, 0.717) is 34.7 Å². The van der Waals surface area contributed by atoms with Crippen molar-refractivity contribution in [3.63, 3.8) is 0 Å². The Hall–Kier alpha value is -1.29. The second kappa shape index (κ2) is 7.98. The Kier molecular flexibility index (Phi) is 6.04. The number of hydrogen-bond donors (Lipinski definition) is 2. The molecule has 3 rings (SSSR count). The summed E-state index contributed by atoms with van der Waals surface area (Å²) in [4.78, 5) is 21.9. The highest BCUT2D eigenvalue weighted by Crippen LogP contribution is 2.22. The van der Waals surface area contributed by atoms with Gasteiger partial charge in [0, 0.05) is 27.4 Å². The summed E-state index contributed by atoms with van der Waals surface area (Å²) in [5, 5.41) is 6.45. The molecule has 1 aliphatic heterocycles. The summed E-state index contributed by atoms with van der Waals surface area (Å²) < 4.78 is 8.33. The number of nitrogens with zero attached hydrogens (tertiary/aromatic N) is 3. The monoisotopic (exact) mass is 453 g/mol. The zero-order valence-corrected chi connectivity index (χ0v) is 19.0. The number of rotatable bonds is 7. The maximum Gasteiger partial charge on any atom is 0.255 e. The van der Waals surface area contributed by atoms with E-state index in [-0.39, 0.29) is 11.4 Å². The Balaban J connectivity index is 1.80. The zero-order valence-electron chi connectivity index (χ0n) is 16.4. The van der Waals surface area contributed by atoms with Gasteiger partial charge in [-0.25, -0.2) is 9.97 Å². The summed E-state index contributed by atoms with van der Waals surface area (Å²) >= 11 is 3.36. The summed E-state index contributed by atoms with van der Waals surface area (Å²) in [6.45, 7) is 11.8. The molecule has 0 bridgehead atoms. The van der Waals surface area contributed by atoms with Crippen LogP contribution in [0.4, 0.5) is 0 Å². The predicted octanol–water partition coefficient (Wildman–Crippen LogP) is 2.99. The average molecular weight is 454 g/mol. The van der Waals surface area contributed by atoms with Crippen molar-refractivity contribution in [2.45, 2.75) is 51.3 Å². The molecule has 1 saturated heterocycles. The molecular formula is C18H28BrN5O2Si. The third-order valence-corrected chi connectivity index (χ3v) is 6.88. The van der Waals surface area contributed by atoms with Gasteiger partial charge < -0.3 is 19.9 Å². The summed E-state index contributed by atoms with van der Waals surface area (Å²) in [5.74, 6) is -0.126. The Morgan fingerprint density at radius 1 is 1.48 bits per heavy atom. The van der Waals surface area contributed by atoms with E-state index >= 15 is 0 Å². The van der Waals surface area contributed by atoms with Crippen LogP contribution in [-0.2, 0) is 11.5 Å². The maximum absolute atomic E-state index is 12.9. The van der Waals surface area contributed by atoms with Gasteiger partial charge in [-0.05, 0) is 41.9 Å². The molecule has 0 saturated carbocycles. The Morgan fingerprint density at radius 3 is 2.93 bits per heavy atom. The number of carbonyl (C=O) groups excluding carboxylic acids is 1. The molecule has 27 heavy (non-hydrogen) atoms. The second-order valence-corrected chi connectivity index (χ2v) is 15.1. The molecule has 2 aromatic heterocycles. The smallest absolute Gasteiger partial charge is 0.255 e. The van der Waals surface area contributed by atoms with Gasteiger partial charge in [-0.1, -0.05) is 19.6 Å². The first-order valence-corrected chi connectivity index (χ1v) is 13.8. The number of hydrogen-bond acceptors (Lipinski definition) is 5. The minimum absolute atomic E-state index is 0.126. The van der Waals surface area contributed by atoms with Crippen LogP contribution in [0.25, 0.3) is 11.2 Å². The van der Waals surface area contributed by atoms with E-state index in [1.165, 1.54) is 0 Å². The Morgan fingerprint density at radius 2 is 2.26 bits per heavy atom. The fourth-order valence-electron chi connectivity index (χ4n) is 3.10. The van der Waals surface area contributed by atoms with Gasteiger partial charge in [0.2, 0.25) is 0 Å². The second-order valence-electron chi connectivity index (χ2n) is 8.67. The van der Waals surface area contributed by atoms with Gasteiger partial charge >= 0.3 is 0 Å². The van der Waals surface area contributed by atoms with E-state index in [1.54, 1.807) is 12.4 Å². The van der Waals surface area contributed by atoms with E-state index in [2.05, 4.69) is 63.1 Å². The van der Waals surface area contributed by atoms with Gasteiger partial charge in [-0.2, -0.15) is 0 Å². The van der Waals surface area contributed by atoms with E-state index < -0.39 is 8.07 Å². The standard InChI is InChI=1S/C18H28BrN5O2Si/c1-18(5-6-20-11-18)23-17(25)13-10-24(12-26-7-8-27(2,3)4)16-15(13)22-14(19)9-21-16/h9-10,20H,5-8,11-12H2,1-4H3,(H,23,25). The lowest BCUT2D eigenvalue weighted by atomic mass is 10.0. The van der Waals surface area contributed by atoms with Crippen molar-refractivity contribution < 1.29 is 9.53 Å². The lowest BCUT2D eigenvalue weighted by Crippen LogP contribution is -2.47. The fourth-order valence-corrected chi connectivity index (χ4v) is 4.14. The highest BCUT2D eigenvalue weighted by molar-refractivity contribution is 9.10. The molecular weight excluding hydrogens is 426 g/mol. The van der Waals surface area contributed by atoms with Gasteiger partial charge in [0.1, 0.15) is 16.9 Å². The molecule has 0 spiro atoms. The number of amides is 1. The molecule has 9 heteroatoms. The van der Waals surface area contributed by atoms with Crippen LogP contribution in [0, 0.1) is 0 Å². The van der Waals surface area contributed by atoms with Crippen LogP contribution in [0.5, 0.6) is 0 Å². The minimum Gasteiger partial charge on any atom is -0.361 e. The number of ether oxygens (including phenoxy) is 1. The molecule has 0 aromatic carbocycles. The molecule has 1 unspecified atom stereocenters. The summed E-state index contributed by atoms with van der Waals surface area (Å²) in [5.41, 5.74) is 1.54. The highest BCUT2D eigenvalue weighted by atomic mass is 79.9. The van der Waals surface area contributed by atoms with Crippen molar-refractivity contribution in [2.24, 2.45) is 0 Å². The summed E-state index contributed by atoms with van der Waals surface area (Å²) in [7, 11) is -1.14. The fraction of sp³-hybridized carbons (Fsp3) is 0.611. The van der Waals surface area contributed by atoms with Crippen molar-refractivity contribution in [3.8, 4) is 0 Å². The lowest BCUT2D eigenvalue weighted by molar-refractivity contribution is 0.0884. The van der Waals surface area contributed by atoms with Crippen molar-refractivity contribution >= 4 is 41.1 Å². The minimum atomic E-state index is -1.14. The third-order valence-electron chi connectivity index (χ3n) is 4.79. The van der Waals surface area contributed by atoms with Gasteiger partial charge in [-0.15, -0.1) is 0 Å². The number of nitrogens with one attached hydrogen (secondary N) is 2. The molecule has 148 valence electrons. The Bertz CT molecular complexity index is 827. The van der Waals surface area contributed by atoms with Crippen molar-refractivity contribution in [3.05, 3.63) is 22.6 Å². The van der Waals surface area contributed by atoms with Crippen molar-refractivity contribution in [1.29, 1.82) is 0 Å². The number of fused-ring (bicyclic) bond motifs is 1. The van der Waals surface area contributed by atoms with Crippen LogP contribution in [0.2, 0.25) is 25.7 Å². The Labute approximate surface area is 169 Å². The summed E-state index contributed by atoms with van der Waals surface area (Å²) in [6, 6.07) is 1.10. The first-order valence-electron chi connectivity index (χ1n) is 9.29. The van der Waals surface area contributed by atoms with Gasteiger partial charge in [-0.3, -0.25) is 4.79 Å². The SMILES string of the molecule is CC1(NC(=O)c2cn(COCC[Si](C)(C)C)c3ncc(Br)nc23)CCNC1. The van der Waals surface area contributed by atoms with Crippen LogP contribution >= 0.6 is 15.9 Å². The average Bonchev–Trinajstić information content (AvgIpc) is 3.14. The van der Waals surface area contributed by atoms with Crippen molar-refractivity contribution in [1.82, 2.24) is 25.2 Å². The molecule has 1 amide bonds. The number of carbonyl (C=O) groups is 1. The molecule has 2 N–H and O–H groups in total. The molecule has 1 fully saturated rings. The third kappa shape index (κ3) is 5.16. The zero-order chi connectivity index (χ0) is 19.7. The van der Waals surface area contributed by atoms with Crippen LogP contribution < -0.4 is 10.6 Å². The molecule has 3 heterocycles. The topological polar surface area (TPSA) is 81.1 Å². The first-order chi connectivity index (χ1) is 12.7. The van der Waals surface area contributed by atoms with E-state index in [0.717, 1.165) is 25.6 Å². The van der Waals surface area contributed by atoms with Crippen molar-refractivity contribution in [2.75, 3.05) is 19.7 Å². The van der Waals surface area contributed by atoms with E-state index in [1.807, 2.05) is 4.57 Å². The van der Waals surface area contributed by atoms with Crippen LogP contribution in [0.3, 0.4) is 0 Å². The quantitative estimate of drug-likeness (QED) is 0.497. The molecule has 7 nitrogen and oxygen atoms in total. The molecule has 0 aliphatic carbocycles. The molecule has 0 radical (unpaired) electrons. The lowest BCUT2D eigenvalue weighted by Gasteiger charge is -2.24. The molecule has 1 aliphatic rings. The highest BCUT2D eigenvalue weighted by Gasteiger charge is 2.31. The van der Waals surface area contributed by atoms with Crippen LogP contribution in [0.15, 0.2) is 17.0 Å². The van der Waals surface area contributed by atoms with E-state index in [9.17, 15) is 4.79 Å². The molecule has 1 atom stereocenters. The molecule has 2 aromatic rings. The van der Waals surface area contributed by atoms with E-state index in [4.69, 9.17) is 4.74 Å². The maximum atomic E-state index is 12.9. The van der Waals surface area contributed by atoms with Crippen LogP contribution in [0.1, 0.15) is 23.7 Å². The normalized spacial score (nSPS) is 20.3. The predicted molar refractivity (Wildman–Crippen MR) is 113 cm³/mol. The largest absolute Gasteiger partial charge is 0.361 e. The van der Waals surface area contributed by atoms with Crippen LogP contribution in [-0.4, -0.2) is 53.8 Å².